The molecule has 0 atom stereocenters. The highest BCUT2D eigenvalue weighted by molar-refractivity contribution is 6.17. The Labute approximate surface area is 125 Å². The molecule has 3 rings (SSSR count). The second-order valence-corrected chi connectivity index (χ2v) is 4.93. The standard InChI is InChI=1S/C14H13ClF2N4/c1-3-9-13-14(20(2)19-9)21(11(7-15)18-13)10-6-4-5-8(16)12(10)17/h4-6H,3,7H2,1-2H3. The second-order valence-electron chi connectivity index (χ2n) is 4.67. The fourth-order valence-electron chi connectivity index (χ4n) is 2.47. The van der Waals surface area contributed by atoms with Gasteiger partial charge in [-0.1, -0.05) is 13.0 Å². The molecule has 0 aliphatic rings. The van der Waals surface area contributed by atoms with Crippen molar-refractivity contribution in [2.75, 3.05) is 0 Å². The number of nitrogens with zero attached hydrogens (tertiary/aromatic N) is 4. The molecular weight excluding hydrogens is 298 g/mol. The number of aromatic nitrogens is 4. The van der Waals surface area contributed by atoms with Gasteiger partial charge in [-0.2, -0.15) is 5.10 Å². The highest BCUT2D eigenvalue weighted by Gasteiger charge is 2.21. The van der Waals surface area contributed by atoms with E-state index in [4.69, 9.17) is 11.6 Å². The van der Waals surface area contributed by atoms with E-state index >= 15 is 0 Å². The van der Waals surface area contributed by atoms with E-state index in [0.29, 0.717) is 23.4 Å². The molecule has 1 aromatic carbocycles. The van der Waals surface area contributed by atoms with Crippen LogP contribution >= 0.6 is 11.6 Å². The molecule has 7 heteroatoms. The van der Waals surface area contributed by atoms with Gasteiger partial charge in [0.1, 0.15) is 11.3 Å². The van der Waals surface area contributed by atoms with Crippen LogP contribution in [0.4, 0.5) is 8.78 Å². The van der Waals surface area contributed by atoms with E-state index < -0.39 is 11.6 Å². The second kappa shape index (κ2) is 5.11. The van der Waals surface area contributed by atoms with Crippen molar-refractivity contribution in [3.05, 3.63) is 41.4 Å². The fraction of sp³-hybridized carbons (Fsp3) is 0.286. The van der Waals surface area contributed by atoms with E-state index in [1.165, 1.54) is 16.7 Å². The molecule has 110 valence electrons. The van der Waals surface area contributed by atoms with Crippen LogP contribution in [0.5, 0.6) is 0 Å². The lowest BCUT2D eigenvalue weighted by Gasteiger charge is -2.09. The average Bonchev–Trinajstić information content (AvgIpc) is 2.99. The third-order valence-corrected chi connectivity index (χ3v) is 3.64. The zero-order chi connectivity index (χ0) is 15.1. The summed E-state index contributed by atoms with van der Waals surface area (Å²) in [6, 6.07) is 4.02. The lowest BCUT2D eigenvalue weighted by Crippen LogP contribution is -2.07. The van der Waals surface area contributed by atoms with Gasteiger partial charge in [0, 0.05) is 7.05 Å². The average molecular weight is 311 g/mol. The first-order chi connectivity index (χ1) is 10.1. The number of imidazole rings is 1. The first-order valence-corrected chi connectivity index (χ1v) is 7.05. The molecule has 4 nitrogen and oxygen atoms in total. The molecule has 0 spiro atoms. The molecule has 0 N–H and O–H groups in total. The van der Waals surface area contributed by atoms with Crippen LogP contribution in [0.15, 0.2) is 18.2 Å². The Hall–Kier alpha value is -1.95. The van der Waals surface area contributed by atoms with Crippen LogP contribution in [-0.4, -0.2) is 19.3 Å². The van der Waals surface area contributed by atoms with Gasteiger partial charge >= 0.3 is 0 Å². The highest BCUT2D eigenvalue weighted by atomic mass is 35.5. The lowest BCUT2D eigenvalue weighted by molar-refractivity contribution is 0.503. The fourth-order valence-corrected chi connectivity index (χ4v) is 2.65. The van der Waals surface area contributed by atoms with E-state index in [0.717, 1.165) is 11.8 Å². The van der Waals surface area contributed by atoms with Gasteiger partial charge in [0.25, 0.3) is 0 Å². The van der Waals surface area contributed by atoms with Crippen molar-refractivity contribution in [2.24, 2.45) is 7.05 Å². The smallest absolute Gasteiger partial charge is 0.182 e. The third kappa shape index (κ3) is 2.01. The predicted octanol–water partition coefficient (Wildman–Crippen LogP) is 3.34. The van der Waals surface area contributed by atoms with Crippen molar-refractivity contribution in [1.29, 1.82) is 0 Å². The molecule has 0 bridgehead atoms. The van der Waals surface area contributed by atoms with Gasteiger partial charge < -0.3 is 0 Å². The maximum absolute atomic E-state index is 14.1. The summed E-state index contributed by atoms with van der Waals surface area (Å²) in [5.41, 5.74) is 2.15. The number of halogens is 3. The first-order valence-electron chi connectivity index (χ1n) is 6.52. The van der Waals surface area contributed by atoms with Crippen molar-refractivity contribution in [3.63, 3.8) is 0 Å². The SMILES string of the molecule is CCc1nn(C)c2c1nc(CCl)n2-c1cccc(F)c1F. The van der Waals surface area contributed by atoms with Crippen molar-refractivity contribution in [3.8, 4) is 5.69 Å². The third-order valence-electron chi connectivity index (χ3n) is 3.40. The molecule has 3 aromatic rings. The number of fused-ring (bicyclic) bond motifs is 1. The van der Waals surface area contributed by atoms with E-state index in [1.54, 1.807) is 11.7 Å². The Morgan fingerprint density at radius 3 is 2.71 bits per heavy atom. The van der Waals surface area contributed by atoms with Gasteiger partial charge in [-0.05, 0) is 18.6 Å². The quantitative estimate of drug-likeness (QED) is 0.696. The largest absolute Gasteiger partial charge is 0.277 e. The zero-order valence-corrected chi connectivity index (χ0v) is 12.3. The van der Waals surface area contributed by atoms with Crippen LogP contribution in [0.3, 0.4) is 0 Å². The molecule has 21 heavy (non-hydrogen) atoms. The zero-order valence-electron chi connectivity index (χ0n) is 11.6. The Balaban J connectivity index is 2.40. The molecule has 0 aliphatic heterocycles. The molecule has 0 aliphatic carbocycles. The van der Waals surface area contributed by atoms with E-state index in [2.05, 4.69) is 10.1 Å². The van der Waals surface area contributed by atoms with E-state index in [9.17, 15) is 8.78 Å². The molecule has 0 amide bonds. The summed E-state index contributed by atoms with van der Waals surface area (Å²) in [7, 11) is 1.74. The minimum absolute atomic E-state index is 0.0822. The molecule has 0 saturated heterocycles. The number of hydrogen-bond donors (Lipinski definition) is 0. The molecular formula is C14H13ClF2N4. The molecule has 0 radical (unpaired) electrons. The van der Waals surface area contributed by atoms with Crippen molar-refractivity contribution >= 4 is 22.8 Å². The molecule has 0 fully saturated rings. The lowest BCUT2D eigenvalue weighted by atomic mass is 10.3. The van der Waals surface area contributed by atoms with Crippen LogP contribution < -0.4 is 0 Å². The summed E-state index contributed by atoms with van der Waals surface area (Å²) in [6.07, 6.45) is 0.696. The van der Waals surface area contributed by atoms with Crippen LogP contribution in [0.2, 0.25) is 0 Å². The van der Waals surface area contributed by atoms with Crippen molar-refractivity contribution in [2.45, 2.75) is 19.2 Å². The molecule has 0 saturated carbocycles. The van der Waals surface area contributed by atoms with Crippen LogP contribution in [-0.2, 0) is 19.3 Å². The van der Waals surface area contributed by atoms with Gasteiger partial charge in [-0.25, -0.2) is 18.4 Å². The Morgan fingerprint density at radius 2 is 2.05 bits per heavy atom. The maximum atomic E-state index is 14.1. The van der Waals surface area contributed by atoms with E-state index in [-0.39, 0.29) is 11.6 Å². The number of aryl methyl sites for hydroxylation is 2. The number of alkyl halides is 1. The van der Waals surface area contributed by atoms with E-state index in [1.807, 2.05) is 6.92 Å². The molecule has 2 aromatic heterocycles. The van der Waals surface area contributed by atoms with Gasteiger partial charge in [0.2, 0.25) is 0 Å². The monoisotopic (exact) mass is 310 g/mol. The number of hydrogen-bond acceptors (Lipinski definition) is 2. The minimum Gasteiger partial charge on any atom is -0.277 e. The summed E-state index contributed by atoms with van der Waals surface area (Å²) in [6.45, 7) is 1.96. The Bertz CT molecular complexity index is 822. The summed E-state index contributed by atoms with van der Waals surface area (Å²) in [5.74, 6) is -1.29. The number of rotatable bonds is 3. The summed E-state index contributed by atoms with van der Waals surface area (Å²) >= 11 is 5.92. The summed E-state index contributed by atoms with van der Waals surface area (Å²) in [4.78, 5) is 4.43. The van der Waals surface area contributed by atoms with Gasteiger partial charge in [-0.15, -0.1) is 11.6 Å². The summed E-state index contributed by atoms with van der Waals surface area (Å²) < 4.78 is 30.8. The maximum Gasteiger partial charge on any atom is 0.182 e. The topological polar surface area (TPSA) is 35.6 Å². The first kappa shape index (κ1) is 14.0. The van der Waals surface area contributed by atoms with Gasteiger partial charge in [0.05, 0.1) is 17.3 Å². The molecule has 0 unspecified atom stereocenters. The van der Waals surface area contributed by atoms with Crippen LogP contribution in [0.25, 0.3) is 16.9 Å². The Kier molecular flexibility index (Phi) is 3.41. The predicted molar refractivity (Wildman–Crippen MR) is 76.7 cm³/mol. The Morgan fingerprint density at radius 1 is 1.29 bits per heavy atom. The number of benzene rings is 1. The van der Waals surface area contributed by atoms with Crippen molar-refractivity contribution in [1.82, 2.24) is 19.3 Å². The van der Waals surface area contributed by atoms with Gasteiger partial charge in [-0.3, -0.25) is 4.57 Å². The van der Waals surface area contributed by atoms with Crippen molar-refractivity contribution < 1.29 is 8.78 Å². The van der Waals surface area contributed by atoms with Gasteiger partial charge in [0.15, 0.2) is 17.3 Å². The van der Waals surface area contributed by atoms with Crippen LogP contribution in [0.1, 0.15) is 18.4 Å². The highest BCUT2D eigenvalue weighted by Crippen LogP contribution is 2.27. The minimum atomic E-state index is -0.928. The van der Waals surface area contributed by atoms with Crippen LogP contribution in [0, 0.1) is 11.6 Å². The normalized spacial score (nSPS) is 11.5. The summed E-state index contributed by atoms with van der Waals surface area (Å²) in [5, 5.41) is 4.36. The molecule has 2 heterocycles.